The fraction of sp³-hybridized carbons (Fsp3) is 0.0526. The third-order valence-corrected chi connectivity index (χ3v) is 5.43. The van der Waals surface area contributed by atoms with E-state index in [2.05, 4.69) is 21.2 Å². The van der Waals surface area contributed by atoms with E-state index in [4.69, 9.17) is 12.2 Å². The highest BCUT2D eigenvalue weighted by Gasteiger charge is 2.20. The minimum Gasteiger partial charge on any atom is -0.478 e. The van der Waals surface area contributed by atoms with Gasteiger partial charge in [0.15, 0.2) is 0 Å². The molecule has 0 aliphatic heterocycles. The van der Waals surface area contributed by atoms with Gasteiger partial charge in [-0.05, 0) is 30.7 Å². The first-order valence-corrected chi connectivity index (χ1v) is 9.52. The van der Waals surface area contributed by atoms with Gasteiger partial charge in [-0.3, -0.25) is 0 Å². The summed E-state index contributed by atoms with van der Waals surface area (Å²) in [6, 6.07) is 15.4. The Hall–Kier alpha value is -2.02. The van der Waals surface area contributed by atoms with E-state index in [1.54, 1.807) is 0 Å². The van der Waals surface area contributed by atoms with Crippen LogP contribution >= 0.6 is 39.5 Å². The van der Waals surface area contributed by atoms with Crippen molar-refractivity contribution in [1.82, 2.24) is 0 Å². The fourth-order valence-corrected chi connectivity index (χ4v) is 3.99. The molecule has 0 unspecified atom stereocenters. The summed E-state index contributed by atoms with van der Waals surface area (Å²) in [6.45, 7) is 1.99. The minimum absolute atomic E-state index is 0.238. The number of thiophene rings is 1. The molecule has 0 saturated carbocycles. The van der Waals surface area contributed by atoms with Crippen molar-refractivity contribution in [3.8, 4) is 11.1 Å². The summed E-state index contributed by atoms with van der Waals surface area (Å²) in [6.07, 6.45) is 0. The van der Waals surface area contributed by atoms with Gasteiger partial charge in [0.1, 0.15) is 15.6 Å². The first-order valence-electron chi connectivity index (χ1n) is 7.44. The predicted molar refractivity (Wildman–Crippen MR) is 111 cm³/mol. The van der Waals surface area contributed by atoms with Crippen LogP contribution < -0.4 is 5.32 Å². The van der Waals surface area contributed by atoms with E-state index >= 15 is 0 Å². The lowest BCUT2D eigenvalue weighted by molar-refractivity contribution is 0.0699. The number of benzene rings is 2. The average molecular weight is 432 g/mol. The van der Waals surface area contributed by atoms with Gasteiger partial charge in [-0.15, -0.1) is 11.3 Å². The number of halogens is 1. The molecule has 0 radical (unpaired) electrons. The summed E-state index contributed by atoms with van der Waals surface area (Å²) >= 11 is 10.2. The van der Waals surface area contributed by atoms with Crippen molar-refractivity contribution in [3.05, 3.63) is 75.1 Å². The van der Waals surface area contributed by atoms with Crippen LogP contribution in [0.2, 0.25) is 0 Å². The number of aryl methyl sites for hydroxylation is 1. The smallest absolute Gasteiger partial charge is 0.339 e. The Morgan fingerprint density at radius 1 is 1.20 bits per heavy atom. The zero-order chi connectivity index (χ0) is 18.0. The van der Waals surface area contributed by atoms with Crippen LogP contribution in [-0.4, -0.2) is 16.1 Å². The Morgan fingerprint density at radius 2 is 1.92 bits per heavy atom. The van der Waals surface area contributed by atoms with Crippen molar-refractivity contribution >= 4 is 55.4 Å². The molecule has 0 aliphatic carbocycles. The molecule has 1 heterocycles. The molecule has 126 valence electrons. The summed E-state index contributed by atoms with van der Waals surface area (Å²) in [5.74, 6) is -0.978. The zero-order valence-corrected chi connectivity index (χ0v) is 16.5. The number of rotatable bonds is 4. The predicted octanol–water partition coefficient (Wildman–Crippen LogP) is 5.97. The maximum atomic E-state index is 11.8. The van der Waals surface area contributed by atoms with Gasteiger partial charge in [-0.2, -0.15) is 0 Å². The molecule has 25 heavy (non-hydrogen) atoms. The molecule has 2 N–H and O–H groups in total. The second-order valence-corrected chi connectivity index (χ2v) is 7.69. The molecule has 1 aromatic heterocycles. The number of thiocarbonyl (C=S) groups is 1. The number of aromatic carboxylic acids is 1. The summed E-state index contributed by atoms with van der Waals surface area (Å²) in [4.78, 5) is 12.3. The standard InChI is InChI=1S/C19H14BrNO2S2/c1-11-3-2-4-13(9-11)17(24)21-18-16(19(22)23)15(10-25-18)12-5-7-14(20)8-6-12/h2-10H,1H3,(H,21,24)(H,22,23). The van der Waals surface area contributed by atoms with Crippen LogP contribution in [0.3, 0.4) is 0 Å². The van der Waals surface area contributed by atoms with Crippen LogP contribution in [0.4, 0.5) is 5.00 Å². The van der Waals surface area contributed by atoms with Crippen molar-refractivity contribution in [2.75, 3.05) is 5.32 Å². The Labute approximate surface area is 163 Å². The lowest BCUT2D eigenvalue weighted by Gasteiger charge is -2.09. The number of hydrogen-bond donors (Lipinski definition) is 2. The maximum Gasteiger partial charge on any atom is 0.339 e. The van der Waals surface area contributed by atoms with Crippen molar-refractivity contribution in [1.29, 1.82) is 0 Å². The van der Waals surface area contributed by atoms with Crippen molar-refractivity contribution in [2.24, 2.45) is 0 Å². The van der Waals surface area contributed by atoms with Gasteiger partial charge in [0, 0.05) is 21.0 Å². The molecule has 0 aliphatic rings. The summed E-state index contributed by atoms with van der Waals surface area (Å²) in [7, 11) is 0. The number of hydrogen-bond acceptors (Lipinski definition) is 3. The normalized spacial score (nSPS) is 10.5. The summed E-state index contributed by atoms with van der Waals surface area (Å²) < 4.78 is 0.947. The number of nitrogens with one attached hydrogen (secondary N) is 1. The molecule has 0 bridgehead atoms. The lowest BCUT2D eigenvalue weighted by Crippen LogP contribution is -2.12. The molecule has 0 atom stereocenters. The third-order valence-electron chi connectivity index (χ3n) is 3.67. The Morgan fingerprint density at radius 3 is 2.56 bits per heavy atom. The molecule has 3 aromatic rings. The number of carboxylic acid groups (broad SMARTS) is 1. The molecular formula is C19H14BrNO2S2. The zero-order valence-electron chi connectivity index (χ0n) is 13.2. The van der Waals surface area contributed by atoms with Crippen LogP contribution in [0, 0.1) is 6.92 Å². The van der Waals surface area contributed by atoms with Crippen molar-refractivity contribution in [2.45, 2.75) is 6.92 Å². The van der Waals surface area contributed by atoms with Gasteiger partial charge in [-0.1, -0.05) is 64.0 Å². The fourth-order valence-electron chi connectivity index (χ4n) is 2.47. The Bertz CT molecular complexity index is 948. The van der Waals surface area contributed by atoms with E-state index in [9.17, 15) is 9.90 Å². The highest BCUT2D eigenvalue weighted by atomic mass is 79.9. The van der Waals surface area contributed by atoms with Gasteiger partial charge >= 0.3 is 5.97 Å². The van der Waals surface area contributed by atoms with Crippen LogP contribution in [0.1, 0.15) is 21.5 Å². The molecule has 3 nitrogen and oxygen atoms in total. The topological polar surface area (TPSA) is 49.3 Å². The quantitative estimate of drug-likeness (QED) is 0.499. The third kappa shape index (κ3) is 3.98. The first-order chi connectivity index (χ1) is 12.0. The molecule has 0 fully saturated rings. The number of carbonyl (C=O) groups is 1. The molecule has 3 rings (SSSR count). The number of anilines is 1. The SMILES string of the molecule is Cc1cccc(C(=S)Nc2scc(-c3ccc(Br)cc3)c2C(=O)O)c1. The maximum absolute atomic E-state index is 11.8. The highest BCUT2D eigenvalue weighted by molar-refractivity contribution is 9.10. The second kappa shape index (κ2) is 7.47. The lowest BCUT2D eigenvalue weighted by atomic mass is 10.0. The van der Waals surface area contributed by atoms with E-state index in [-0.39, 0.29) is 5.56 Å². The molecule has 0 saturated heterocycles. The van der Waals surface area contributed by atoms with E-state index in [1.165, 1.54) is 11.3 Å². The molecular weight excluding hydrogens is 418 g/mol. The van der Waals surface area contributed by atoms with E-state index in [0.717, 1.165) is 21.2 Å². The van der Waals surface area contributed by atoms with Crippen LogP contribution in [0.15, 0.2) is 58.4 Å². The molecule has 6 heteroatoms. The van der Waals surface area contributed by atoms with Gasteiger partial charge in [0.2, 0.25) is 0 Å². The molecule has 2 aromatic carbocycles. The van der Waals surface area contributed by atoms with Crippen LogP contribution in [0.5, 0.6) is 0 Å². The van der Waals surface area contributed by atoms with Gasteiger partial charge < -0.3 is 10.4 Å². The Balaban J connectivity index is 1.96. The van der Waals surface area contributed by atoms with E-state index in [1.807, 2.05) is 60.8 Å². The van der Waals surface area contributed by atoms with Crippen LogP contribution in [-0.2, 0) is 0 Å². The van der Waals surface area contributed by atoms with E-state index in [0.29, 0.717) is 15.6 Å². The van der Waals surface area contributed by atoms with Gasteiger partial charge in [-0.25, -0.2) is 4.79 Å². The van der Waals surface area contributed by atoms with Crippen molar-refractivity contribution < 1.29 is 9.90 Å². The first kappa shape index (κ1) is 17.8. The highest BCUT2D eigenvalue weighted by Crippen LogP contribution is 2.36. The monoisotopic (exact) mass is 431 g/mol. The summed E-state index contributed by atoms with van der Waals surface area (Å²) in [5.41, 5.74) is 3.74. The van der Waals surface area contributed by atoms with Gasteiger partial charge in [0.05, 0.1) is 0 Å². The van der Waals surface area contributed by atoms with Gasteiger partial charge in [0.25, 0.3) is 0 Å². The van der Waals surface area contributed by atoms with Crippen molar-refractivity contribution in [3.63, 3.8) is 0 Å². The summed E-state index contributed by atoms with van der Waals surface area (Å²) in [5, 5.41) is 15.2. The second-order valence-electron chi connectivity index (χ2n) is 5.49. The number of carboxylic acids is 1. The van der Waals surface area contributed by atoms with E-state index < -0.39 is 5.97 Å². The Kier molecular flexibility index (Phi) is 5.32. The molecule has 0 amide bonds. The average Bonchev–Trinajstić information content (AvgIpc) is 2.99. The largest absolute Gasteiger partial charge is 0.478 e. The molecule has 0 spiro atoms. The van der Waals surface area contributed by atoms with Crippen LogP contribution in [0.25, 0.3) is 11.1 Å². The minimum atomic E-state index is -0.978.